The highest BCUT2D eigenvalue weighted by Gasteiger charge is 2.23. The van der Waals surface area contributed by atoms with E-state index in [4.69, 9.17) is 0 Å². The lowest BCUT2D eigenvalue weighted by molar-refractivity contribution is -0.132. The van der Waals surface area contributed by atoms with Crippen molar-refractivity contribution in [3.8, 4) is 11.3 Å². The first kappa shape index (κ1) is 20.7. The minimum Gasteiger partial charge on any atom is -0.353 e. The molecule has 8 nitrogen and oxygen atoms in total. The Balaban J connectivity index is 1.38. The van der Waals surface area contributed by atoms with Crippen molar-refractivity contribution in [1.29, 1.82) is 0 Å². The van der Waals surface area contributed by atoms with Gasteiger partial charge in [-0.25, -0.2) is 15.0 Å². The number of rotatable bonds is 5. The molecule has 0 radical (unpaired) electrons. The molecular formula is C23H26N6O2. The Morgan fingerprint density at radius 2 is 1.74 bits per heavy atom. The zero-order chi connectivity index (χ0) is 21.8. The zero-order valence-electron chi connectivity index (χ0n) is 17.8. The number of benzene rings is 1. The van der Waals surface area contributed by atoms with Gasteiger partial charge in [-0.3, -0.25) is 14.2 Å². The van der Waals surface area contributed by atoms with Crippen molar-refractivity contribution in [2.45, 2.75) is 26.3 Å². The topological polar surface area (TPSA) is 84.2 Å². The average molecular weight is 419 g/mol. The number of carbonyl (C=O) groups excluding carboxylic acids is 1. The molecular weight excluding hydrogens is 392 g/mol. The summed E-state index contributed by atoms with van der Waals surface area (Å²) >= 11 is 0. The summed E-state index contributed by atoms with van der Waals surface area (Å²) in [6.07, 6.45) is 3.05. The molecule has 0 saturated carbocycles. The molecule has 1 fully saturated rings. The molecule has 0 spiro atoms. The van der Waals surface area contributed by atoms with E-state index >= 15 is 0 Å². The third-order valence-corrected chi connectivity index (χ3v) is 5.48. The number of carbonyl (C=O) groups is 1. The van der Waals surface area contributed by atoms with Crippen LogP contribution in [-0.2, 0) is 11.3 Å². The summed E-state index contributed by atoms with van der Waals surface area (Å²) in [5, 5.41) is 0. The lowest BCUT2D eigenvalue weighted by Gasteiger charge is -2.35. The van der Waals surface area contributed by atoms with Gasteiger partial charge in [-0.05, 0) is 5.92 Å². The highest BCUT2D eigenvalue weighted by Crippen LogP contribution is 2.21. The first-order valence-electron chi connectivity index (χ1n) is 10.5. The molecule has 1 aliphatic heterocycles. The van der Waals surface area contributed by atoms with Crippen LogP contribution in [0.4, 0.5) is 5.82 Å². The molecule has 0 N–H and O–H groups in total. The summed E-state index contributed by atoms with van der Waals surface area (Å²) in [5.74, 6) is 0.953. The molecule has 1 aliphatic rings. The molecule has 31 heavy (non-hydrogen) atoms. The Morgan fingerprint density at radius 3 is 2.42 bits per heavy atom. The molecule has 1 saturated heterocycles. The number of aromatic nitrogens is 4. The van der Waals surface area contributed by atoms with Crippen molar-refractivity contribution in [1.82, 2.24) is 24.4 Å². The molecule has 1 aromatic carbocycles. The number of piperazine rings is 1. The highest BCUT2D eigenvalue weighted by atomic mass is 16.2. The van der Waals surface area contributed by atoms with E-state index in [1.807, 2.05) is 50.2 Å². The molecule has 0 aliphatic carbocycles. The molecule has 4 rings (SSSR count). The number of amides is 1. The van der Waals surface area contributed by atoms with Gasteiger partial charge in [0.2, 0.25) is 5.91 Å². The van der Waals surface area contributed by atoms with Gasteiger partial charge in [-0.15, -0.1) is 0 Å². The second kappa shape index (κ2) is 9.07. The van der Waals surface area contributed by atoms with Crippen molar-refractivity contribution in [2.24, 2.45) is 0 Å². The van der Waals surface area contributed by atoms with Crippen molar-refractivity contribution in [3.05, 3.63) is 71.2 Å². The smallest absolute Gasteiger partial charge is 0.254 e. The van der Waals surface area contributed by atoms with E-state index in [2.05, 4.69) is 19.9 Å². The SMILES string of the molecule is CC(C)c1cc(=O)n(CC(=O)N2CCN(c3cc(-c4ccccc4)ncn3)CC2)cn1. The molecule has 0 atom stereocenters. The second-order valence-electron chi connectivity index (χ2n) is 7.93. The van der Waals surface area contributed by atoms with Crippen LogP contribution in [0, 0.1) is 0 Å². The van der Waals surface area contributed by atoms with Gasteiger partial charge in [0.25, 0.3) is 5.56 Å². The van der Waals surface area contributed by atoms with Gasteiger partial charge in [-0.1, -0.05) is 44.2 Å². The number of hydrogen-bond donors (Lipinski definition) is 0. The number of hydrogen-bond acceptors (Lipinski definition) is 6. The molecule has 0 bridgehead atoms. The van der Waals surface area contributed by atoms with Crippen molar-refractivity contribution >= 4 is 11.7 Å². The van der Waals surface area contributed by atoms with Crippen LogP contribution in [-0.4, -0.2) is 56.5 Å². The third kappa shape index (κ3) is 4.79. The third-order valence-electron chi connectivity index (χ3n) is 5.48. The van der Waals surface area contributed by atoms with Crippen LogP contribution in [0.1, 0.15) is 25.5 Å². The van der Waals surface area contributed by atoms with E-state index in [-0.39, 0.29) is 23.9 Å². The van der Waals surface area contributed by atoms with E-state index < -0.39 is 0 Å². The molecule has 1 amide bonds. The lowest BCUT2D eigenvalue weighted by atomic mass is 10.1. The first-order valence-corrected chi connectivity index (χ1v) is 10.5. The van der Waals surface area contributed by atoms with Crippen LogP contribution in [0.2, 0.25) is 0 Å². The summed E-state index contributed by atoms with van der Waals surface area (Å²) in [6, 6.07) is 13.5. The molecule has 2 aromatic heterocycles. The van der Waals surface area contributed by atoms with E-state index in [0.717, 1.165) is 22.8 Å². The van der Waals surface area contributed by atoms with Gasteiger partial charge >= 0.3 is 0 Å². The van der Waals surface area contributed by atoms with Crippen molar-refractivity contribution in [2.75, 3.05) is 31.1 Å². The Kier molecular flexibility index (Phi) is 6.06. The molecule has 8 heteroatoms. The summed E-state index contributed by atoms with van der Waals surface area (Å²) in [6.45, 7) is 6.49. The largest absolute Gasteiger partial charge is 0.353 e. The quantitative estimate of drug-likeness (QED) is 0.631. The van der Waals surface area contributed by atoms with Gasteiger partial charge in [0.05, 0.1) is 17.7 Å². The Bertz CT molecular complexity index is 1100. The number of anilines is 1. The minimum absolute atomic E-state index is 0.00979. The van der Waals surface area contributed by atoms with E-state index in [1.165, 1.54) is 17.0 Å². The van der Waals surface area contributed by atoms with Gasteiger partial charge in [-0.2, -0.15) is 0 Å². The van der Waals surface area contributed by atoms with Crippen molar-refractivity contribution in [3.63, 3.8) is 0 Å². The van der Waals surface area contributed by atoms with Gasteiger partial charge in [0, 0.05) is 43.9 Å². The zero-order valence-corrected chi connectivity index (χ0v) is 17.8. The van der Waals surface area contributed by atoms with E-state index in [9.17, 15) is 9.59 Å². The van der Waals surface area contributed by atoms with Crippen LogP contribution in [0.25, 0.3) is 11.3 Å². The summed E-state index contributed by atoms with van der Waals surface area (Å²) in [4.78, 5) is 42.0. The van der Waals surface area contributed by atoms with Gasteiger partial charge in [0.15, 0.2) is 0 Å². The number of nitrogens with zero attached hydrogens (tertiary/aromatic N) is 6. The van der Waals surface area contributed by atoms with Crippen LogP contribution in [0.3, 0.4) is 0 Å². The van der Waals surface area contributed by atoms with E-state index in [0.29, 0.717) is 26.2 Å². The summed E-state index contributed by atoms with van der Waals surface area (Å²) < 4.78 is 1.37. The van der Waals surface area contributed by atoms with Crippen LogP contribution in [0.5, 0.6) is 0 Å². The molecule has 160 valence electrons. The second-order valence-corrected chi connectivity index (χ2v) is 7.93. The van der Waals surface area contributed by atoms with Crippen molar-refractivity contribution < 1.29 is 4.79 Å². The first-order chi connectivity index (χ1) is 15.0. The fraction of sp³-hybridized carbons (Fsp3) is 0.348. The van der Waals surface area contributed by atoms with Gasteiger partial charge < -0.3 is 9.80 Å². The average Bonchev–Trinajstić information content (AvgIpc) is 2.81. The van der Waals surface area contributed by atoms with Gasteiger partial charge in [0.1, 0.15) is 18.7 Å². The fourth-order valence-electron chi connectivity index (χ4n) is 3.59. The standard InChI is InChI=1S/C23H26N6O2/c1-17(2)19-13-22(30)29(16-26-19)14-23(31)28-10-8-27(9-11-28)21-12-20(24-15-25-21)18-6-4-3-5-7-18/h3-7,12-13,15-17H,8-11,14H2,1-2H3. The maximum Gasteiger partial charge on any atom is 0.254 e. The maximum atomic E-state index is 12.7. The molecule has 3 heterocycles. The van der Waals surface area contributed by atoms with Crippen LogP contribution >= 0.6 is 0 Å². The maximum absolute atomic E-state index is 12.7. The molecule has 3 aromatic rings. The Labute approximate surface area is 181 Å². The van der Waals surface area contributed by atoms with E-state index in [1.54, 1.807) is 11.2 Å². The predicted molar refractivity (Wildman–Crippen MR) is 119 cm³/mol. The van der Waals surface area contributed by atoms with Crippen LogP contribution in [0.15, 0.2) is 59.9 Å². The summed E-state index contributed by atoms with van der Waals surface area (Å²) in [7, 11) is 0. The predicted octanol–water partition coefficient (Wildman–Crippen LogP) is 2.17. The monoisotopic (exact) mass is 418 g/mol. The van der Waals surface area contributed by atoms with Crippen LogP contribution < -0.4 is 10.5 Å². The highest BCUT2D eigenvalue weighted by molar-refractivity contribution is 5.76. The minimum atomic E-state index is -0.194. The lowest BCUT2D eigenvalue weighted by Crippen LogP contribution is -2.50. The Morgan fingerprint density at radius 1 is 1.00 bits per heavy atom. The normalized spacial score (nSPS) is 14.2. The molecule has 0 unspecified atom stereocenters. The Hall–Kier alpha value is -3.55. The summed E-state index contributed by atoms with van der Waals surface area (Å²) in [5.41, 5.74) is 2.46. The fourth-order valence-corrected chi connectivity index (χ4v) is 3.59.